The number of nitrogens with zero attached hydrogens (tertiary/aromatic N) is 1. The van der Waals surface area contributed by atoms with Crippen LogP contribution in [0.3, 0.4) is 0 Å². The van der Waals surface area contributed by atoms with Gasteiger partial charge in [0.05, 0.1) is 0 Å². The average Bonchev–Trinajstić information content (AvgIpc) is 2.41. The minimum Gasteiger partial charge on any atom is -0.330 e. The Morgan fingerprint density at radius 1 is 1.46 bits per heavy atom. The van der Waals surface area contributed by atoms with Crippen LogP contribution >= 0.6 is 0 Å². The van der Waals surface area contributed by atoms with Crippen molar-refractivity contribution in [2.45, 2.75) is 31.4 Å². The van der Waals surface area contributed by atoms with Crippen molar-refractivity contribution in [1.82, 2.24) is 4.90 Å². The monoisotopic (exact) mass is 186 g/mol. The van der Waals surface area contributed by atoms with E-state index in [1.54, 1.807) is 0 Å². The van der Waals surface area contributed by atoms with Gasteiger partial charge in [-0.3, -0.25) is 0 Å². The Labute approximate surface area is 79.3 Å². The van der Waals surface area contributed by atoms with E-state index >= 15 is 0 Å². The Kier molecular flexibility index (Phi) is 2.56. The van der Waals surface area contributed by atoms with E-state index in [9.17, 15) is 4.39 Å². The molecule has 2 aliphatic rings. The number of nitrogens with two attached hydrogens (primary N) is 1. The summed E-state index contributed by atoms with van der Waals surface area (Å²) in [6, 6.07) is 0. The fourth-order valence-electron chi connectivity index (χ4n) is 2.75. The molecule has 0 aromatic rings. The molecule has 0 amide bonds. The molecule has 2 fully saturated rings. The third-order valence-electron chi connectivity index (χ3n) is 3.49. The lowest BCUT2D eigenvalue weighted by molar-refractivity contribution is 0.108. The summed E-state index contributed by atoms with van der Waals surface area (Å²) in [7, 11) is 0. The first-order chi connectivity index (χ1) is 6.22. The molecule has 2 nitrogen and oxygen atoms in total. The lowest BCUT2D eigenvalue weighted by Crippen LogP contribution is -2.31. The second kappa shape index (κ2) is 3.54. The van der Waals surface area contributed by atoms with Gasteiger partial charge >= 0.3 is 0 Å². The summed E-state index contributed by atoms with van der Waals surface area (Å²) in [6.07, 6.45) is 3.19. The van der Waals surface area contributed by atoms with Crippen molar-refractivity contribution in [1.29, 1.82) is 0 Å². The molecular formula is C10H19FN2. The van der Waals surface area contributed by atoms with Crippen LogP contribution in [0.4, 0.5) is 4.39 Å². The van der Waals surface area contributed by atoms with Gasteiger partial charge in [-0.2, -0.15) is 0 Å². The Morgan fingerprint density at radius 3 is 3.08 bits per heavy atom. The van der Waals surface area contributed by atoms with Gasteiger partial charge in [0, 0.05) is 13.1 Å². The zero-order valence-corrected chi connectivity index (χ0v) is 8.14. The minimum atomic E-state index is -0.950. The van der Waals surface area contributed by atoms with Crippen LogP contribution in [0.25, 0.3) is 0 Å². The first kappa shape index (κ1) is 9.41. The first-order valence-electron chi connectivity index (χ1n) is 5.33. The second-order valence-corrected chi connectivity index (χ2v) is 4.60. The molecule has 2 N–H and O–H groups in total. The predicted octanol–water partition coefficient (Wildman–Crippen LogP) is 1.16. The van der Waals surface area contributed by atoms with Crippen molar-refractivity contribution in [2.75, 3.05) is 26.2 Å². The summed E-state index contributed by atoms with van der Waals surface area (Å²) in [5.74, 6) is 0.596. The lowest BCUT2D eigenvalue weighted by Gasteiger charge is -2.26. The highest BCUT2D eigenvalue weighted by Gasteiger charge is 2.38. The van der Waals surface area contributed by atoms with E-state index in [0.29, 0.717) is 25.3 Å². The first-order valence-corrected chi connectivity index (χ1v) is 5.33. The molecule has 76 valence electrons. The van der Waals surface area contributed by atoms with Crippen molar-refractivity contribution < 1.29 is 4.39 Å². The highest BCUT2D eigenvalue weighted by atomic mass is 19.1. The summed E-state index contributed by atoms with van der Waals surface area (Å²) >= 11 is 0. The number of rotatable bonds is 2. The molecule has 0 spiro atoms. The topological polar surface area (TPSA) is 29.3 Å². The maximum absolute atomic E-state index is 14.2. The van der Waals surface area contributed by atoms with Crippen LogP contribution in [-0.2, 0) is 0 Å². The van der Waals surface area contributed by atoms with Gasteiger partial charge in [0.15, 0.2) is 0 Å². The molecule has 3 heteroatoms. The van der Waals surface area contributed by atoms with E-state index in [4.69, 9.17) is 5.73 Å². The average molecular weight is 186 g/mol. The summed E-state index contributed by atoms with van der Waals surface area (Å²) in [4.78, 5) is 2.39. The van der Waals surface area contributed by atoms with Crippen LogP contribution in [-0.4, -0.2) is 36.7 Å². The highest BCUT2D eigenvalue weighted by molar-refractivity contribution is 4.91. The van der Waals surface area contributed by atoms with E-state index in [2.05, 4.69) is 4.90 Å². The fraction of sp³-hybridized carbons (Fsp3) is 1.00. The van der Waals surface area contributed by atoms with Gasteiger partial charge in [-0.05, 0) is 44.7 Å². The normalized spacial score (nSPS) is 44.8. The van der Waals surface area contributed by atoms with Crippen LogP contribution < -0.4 is 5.73 Å². The molecule has 0 aromatic carbocycles. The molecule has 2 heterocycles. The van der Waals surface area contributed by atoms with Crippen LogP contribution in [0.1, 0.15) is 25.7 Å². The standard InChI is InChI=1S/C10H19FN2/c11-10(2-4-12)3-6-13-5-1-9(7-10)8-13/h9H,1-8,12H2. The van der Waals surface area contributed by atoms with E-state index in [1.165, 1.54) is 13.0 Å². The SMILES string of the molecule is NCCC1(F)CCN2CCC(C2)C1. The van der Waals surface area contributed by atoms with Crippen LogP contribution in [0.15, 0.2) is 0 Å². The van der Waals surface area contributed by atoms with Crippen molar-refractivity contribution in [2.24, 2.45) is 11.7 Å². The van der Waals surface area contributed by atoms with Crippen molar-refractivity contribution >= 4 is 0 Å². The number of hydrogen-bond donors (Lipinski definition) is 1. The van der Waals surface area contributed by atoms with Gasteiger partial charge in [-0.1, -0.05) is 0 Å². The summed E-state index contributed by atoms with van der Waals surface area (Å²) in [5, 5.41) is 0. The van der Waals surface area contributed by atoms with Crippen LogP contribution in [0.5, 0.6) is 0 Å². The maximum Gasteiger partial charge on any atom is 0.113 e. The molecule has 0 radical (unpaired) electrons. The maximum atomic E-state index is 14.2. The number of halogens is 1. The molecule has 0 aromatic heterocycles. The molecule has 13 heavy (non-hydrogen) atoms. The third-order valence-corrected chi connectivity index (χ3v) is 3.49. The zero-order chi connectivity index (χ0) is 9.31. The molecule has 2 aliphatic heterocycles. The van der Waals surface area contributed by atoms with E-state index in [-0.39, 0.29) is 0 Å². The smallest absolute Gasteiger partial charge is 0.113 e. The summed E-state index contributed by atoms with van der Waals surface area (Å²) in [6.45, 7) is 3.73. The van der Waals surface area contributed by atoms with Crippen molar-refractivity contribution in [3.8, 4) is 0 Å². The van der Waals surface area contributed by atoms with Gasteiger partial charge in [0.2, 0.25) is 0 Å². The van der Waals surface area contributed by atoms with E-state index < -0.39 is 5.67 Å². The quantitative estimate of drug-likeness (QED) is 0.701. The number of hydrogen-bond acceptors (Lipinski definition) is 2. The van der Waals surface area contributed by atoms with Crippen molar-refractivity contribution in [3.63, 3.8) is 0 Å². The van der Waals surface area contributed by atoms with Gasteiger partial charge < -0.3 is 10.6 Å². The molecule has 2 bridgehead atoms. The van der Waals surface area contributed by atoms with Crippen LogP contribution in [0.2, 0.25) is 0 Å². The highest BCUT2D eigenvalue weighted by Crippen LogP contribution is 2.36. The van der Waals surface area contributed by atoms with Gasteiger partial charge in [-0.15, -0.1) is 0 Å². The fourth-order valence-corrected chi connectivity index (χ4v) is 2.75. The molecule has 2 saturated heterocycles. The van der Waals surface area contributed by atoms with E-state index in [0.717, 1.165) is 19.5 Å². The molecule has 3 unspecified atom stereocenters. The Morgan fingerprint density at radius 2 is 2.31 bits per heavy atom. The number of fused-ring (bicyclic) bond motifs is 2. The van der Waals surface area contributed by atoms with E-state index in [1.807, 2.05) is 0 Å². The molecule has 2 rings (SSSR count). The summed E-state index contributed by atoms with van der Waals surface area (Å²) in [5.41, 5.74) is 4.49. The Bertz CT molecular complexity index is 186. The second-order valence-electron chi connectivity index (χ2n) is 4.60. The Balaban J connectivity index is 1.99. The molecule has 3 atom stereocenters. The largest absolute Gasteiger partial charge is 0.330 e. The Hall–Kier alpha value is -0.150. The number of alkyl halides is 1. The third kappa shape index (κ3) is 2.02. The summed E-state index contributed by atoms with van der Waals surface area (Å²) < 4.78 is 14.2. The molecular weight excluding hydrogens is 167 g/mol. The van der Waals surface area contributed by atoms with Crippen molar-refractivity contribution in [3.05, 3.63) is 0 Å². The van der Waals surface area contributed by atoms with Crippen LogP contribution in [0, 0.1) is 5.92 Å². The molecule has 0 aliphatic carbocycles. The zero-order valence-electron chi connectivity index (χ0n) is 8.14. The minimum absolute atomic E-state index is 0.489. The lowest BCUT2D eigenvalue weighted by atomic mass is 9.87. The van der Waals surface area contributed by atoms with Gasteiger partial charge in [-0.25, -0.2) is 4.39 Å². The van der Waals surface area contributed by atoms with Gasteiger partial charge in [0.25, 0.3) is 0 Å². The molecule has 0 saturated carbocycles. The van der Waals surface area contributed by atoms with Gasteiger partial charge in [0.1, 0.15) is 5.67 Å². The predicted molar refractivity (Wildman–Crippen MR) is 51.3 cm³/mol.